The highest BCUT2D eigenvalue weighted by Gasteiger charge is 2.44. The Bertz CT molecular complexity index is 961. The predicted octanol–water partition coefficient (Wildman–Crippen LogP) is 2.74. The molecule has 0 radical (unpaired) electrons. The molecule has 7 nitrogen and oxygen atoms in total. The number of fused-ring (bicyclic) bond motifs is 1. The van der Waals surface area contributed by atoms with E-state index >= 15 is 0 Å². The standard InChI is InChI=1S/C17H20BrN3O4S2/c1-20(2)17(19-27(24,25)15-8-7-14(18)26-15)11-21(16(22)23)10-9-12-5-3-4-6-13(12)17/h3-8,19H,9-11H2,1-2H3,(H,22,23). The van der Waals surface area contributed by atoms with E-state index in [0.717, 1.165) is 22.5 Å². The minimum Gasteiger partial charge on any atom is -0.465 e. The van der Waals surface area contributed by atoms with Crippen LogP contribution in [0.3, 0.4) is 0 Å². The van der Waals surface area contributed by atoms with Crippen molar-refractivity contribution in [3.63, 3.8) is 0 Å². The van der Waals surface area contributed by atoms with Crippen molar-refractivity contribution >= 4 is 43.4 Å². The highest BCUT2D eigenvalue weighted by molar-refractivity contribution is 9.11. The van der Waals surface area contributed by atoms with Gasteiger partial charge in [-0.3, -0.25) is 4.90 Å². The zero-order valence-electron chi connectivity index (χ0n) is 14.8. The van der Waals surface area contributed by atoms with Crippen LogP contribution < -0.4 is 4.72 Å². The Morgan fingerprint density at radius 1 is 1.30 bits per heavy atom. The minimum atomic E-state index is -3.87. The first-order chi connectivity index (χ1) is 12.7. The van der Waals surface area contributed by atoms with Crippen LogP contribution in [0.2, 0.25) is 0 Å². The molecular weight excluding hydrogens is 454 g/mol. The number of amides is 1. The average Bonchev–Trinajstić information content (AvgIpc) is 2.97. The van der Waals surface area contributed by atoms with E-state index in [0.29, 0.717) is 16.8 Å². The Morgan fingerprint density at radius 3 is 2.59 bits per heavy atom. The largest absolute Gasteiger partial charge is 0.465 e. The first kappa shape index (κ1) is 20.3. The Kier molecular flexibility index (Phi) is 5.64. The van der Waals surface area contributed by atoms with Gasteiger partial charge in [-0.1, -0.05) is 24.3 Å². The van der Waals surface area contributed by atoms with Crippen molar-refractivity contribution in [2.45, 2.75) is 16.3 Å². The van der Waals surface area contributed by atoms with Gasteiger partial charge in [0.05, 0.1) is 10.3 Å². The quantitative estimate of drug-likeness (QED) is 0.666. The average molecular weight is 474 g/mol. The molecule has 10 heteroatoms. The van der Waals surface area contributed by atoms with E-state index in [9.17, 15) is 18.3 Å². The molecule has 146 valence electrons. The molecule has 0 aliphatic carbocycles. The van der Waals surface area contributed by atoms with E-state index in [1.807, 2.05) is 24.3 Å². The number of halogens is 1. The molecule has 1 aromatic carbocycles. The summed E-state index contributed by atoms with van der Waals surface area (Å²) in [4.78, 5) is 14.7. The van der Waals surface area contributed by atoms with Gasteiger partial charge >= 0.3 is 6.09 Å². The molecule has 1 amide bonds. The molecule has 0 fully saturated rings. The number of thiophene rings is 1. The summed E-state index contributed by atoms with van der Waals surface area (Å²) in [6.45, 7) is 0.284. The fraction of sp³-hybridized carbons (Fsp3) is 0.353. The summed E-state index contributed by atoms with van der Waals surface area (Å²) < 4.78 is 29.9. The van der Waals surface area contributed by atoms with Crippen molar-refractivity contribution in [3.05, 3.63) is 51.3 Å². The van der Waals surface area contributed by atoms with Crippen LogP contribution in [0.5, 0.6) is 0 Å². The number of hydrogen-bond acceptors (Lipinski definition) is 5. The normalized spacial score (nSPS) is 20.4. The number of nitrogens with one attached hydrogen (secondary N) is 1. The maximum atomic E-state index is 13.1. The van der Waals surface area contributed by atoms with E-state index in [-0.39, 0.29) is 10.8 Å². The summed E-state index contributed by atoms with van der Waals surface area (Å²) in [5.74, 6) is 0. The molecule has 2 N–H and O–H groups in total. The smallest absolute Gasteiger partial charge is 0.407 e. The predicted molar refractivity (Wildman–Crippen MR) is 107 cm³/mol. The molecule has 1 unspecified atom stereocenters. The maximum Gasteiger partial charge on any atom is 0.407 e. The highest BCUT2D eigenvalue weighted by Crippen LogP contribution is 2.34. The molecule has 1 aliphatic rings. The maximum absolute atomic E-state index is 13.1. The van der Waals surface area contributed by atoms with Gasteiger partial charge in [-0.25, -0.2) is 13.2 Å². The van der Waals surface area contributed by atoms with E-state index in [1.165, 1.54) is 11.0 Å². The second-order valence-corrected chi connectivity index (χ2v) is 10.9. The van der Waals surface area contributed by atoms with Crippen molar-refractivity contribution in [1.29, 1.82) is 0 Å². The third-order valence-electron chi connectivity index (χ3n) is 4.68. The van der Waals surface area contributed by atoms with Crippen LogP contribution in [0.25, 0.3) is 0 Å². The fourth-order valence-corrected chi connectivity index (χ4v) is 6.70. The summed E-state index contributed by atoms with van der Waals surface area (Å²) in [6, 6.07) is 10.7. The number of rotatable bonds is 4. The van der Waals surface area contributed by atoms with Crippen LogP contribution in [-0.4, -0.2) is 56.6 Å². The lowest BCUT2D eigenvalue weighted by molar-refractivity contribution is 0.0755. The molecular formula is C17H20BrN3O4S2. The Hall–Kier alpha value is -1.46. The molecule has 27 heavy (non-hydrogen) atoms. The topological polar surface area (TPSA) is 90.0 Å². The molecule has 0 saturated carbocycles. The monoisotopic (exact) mass is 473 g/mol. The van der Waals surface area contributed by atoms with Crippen molar-refractivity contribution in [3.8, 4) is 0 Å². The first-order valence-corrected chi connectivity index (χ1v) is 11.3. The lowest BCUT2D eigenvalue weighted by Crippen LogP contribution is -2.61. The number of carbonyl (C=O) groups is 1. The molecule has 2 heterocycles. The van der Waals surface area contributed by atoms with Crippen LogP contribution in [0, 0.1) is 0 Å². The van der Waals surface area contributed by atoms with E-state index in [2.05, 4.69) is 20.7 Å². The molecule has 0 saturated heterocycles. The zero-order chi connectivity index (χ0) is 19.8. The Labute approximate surface area is 170 Å². The first-order valence-electron chi connectivity index (χ1n) is 8.19. The van der Waals surface area contributed by atoms with Gasteiger partial charge in [0.25, 0.3) is 10.0 Å². The van der Waals surface area contributed by atoms with Crippen molar-refractivity contribution in [1.82, 2.24) is 14.5 Å². The number of likely N-dealkylation sites (N-methyl/N-ethyl adjacent to an activating group) is 1. The van der Waals surface area contributed by atoms with Crippen molar-refractivity contribution in [2.24, 2.45) is 0 Å². The van der Waals surface area contributed by atoms with Crippen LogP contribution >= 0.6 is 27.3 Å². The Morgan fingerprint density at radius 2 is 2.00 bits per heavy atom. The van der Waals surface area contributed by atoms with Gasteiger partial charge in [-0.2, -0.15) is 4.72 Å². The molecule has 1 aliphatic heterocycles. The number of sulfonamides is 1. The van der Waals surface area contributed by atoms with Gasteiger partial charge < -0.3 is 10.0 Å². The molecule has 1 aromatic heterocycles. The minimum absolute atomic E-state index is 0.0158. The summed E-state index contributed by atoms with van der Waals surface area (Å²) in [7, 11) is -0.383. The van der Waals surface area contributed by atoms with Gasteiger partial charge in [-0.15, -0.1) is 11.3 Å². The van der Waals surface area contributed by atoms with Crippen molar-refractivity contribution in [2.75, 3.05) is 27.2 Å². The molecule has 2 aromatic rings. The molecule has 1 atom stereocenters. The number of benzene rings is 1. The fourth-order valence-electron chi connectivity index (χ4n) is 3.28. The molecule has 0 spiro atoms. The van der Waals surface area contributed by atoms with Gasteiger partial charge in [0.15, 0.2) is 0 Å². The number of hydrogen-bond donors (Lipinski definition) is 2. The second-order valence-electron chi connectivity index (χ2n) is 6.53. The third-order valence-corrected chi connectivity index (χ3v) is 8.28. The number of nitrogens with zero attached hydrogens (tertiary/aromatic N) is 2. The molecule has 3 rings (SSSR count). The lowest BCUT2D eigenvalue weighted by Gasteiger charge is -2.42. The number of carboxylic acid groups (broad SMARTS) is 1. The van der Waals surface area contributed by atoms with E-state index in [1.54, 1.807) is 25.1 Å². The third kappa shape index (κ3) is 3.90. The van der Waals surface area contributed by atoms with Crippen LogP contribution in [0.4, 0.5) is 4.79 Å². The SMILES string of the molecule is CN(C)C1(NS(=O)(=O)c2ccc(Br)s2)CN(C(=O)O)CCc2ccccc21. The van der Waals surface area contributed by atoms with Crippen LogP contribution in [0.1, 0.15) is 11.1 Å². The van der Waals surface area contributed by atoms with Gasteiger partial charge in [0.2, 0.25) is 0 Å². The molecule has 0 bridgehead atoms. The van der Waals surface area contributed by atoms with Crippen LogP contribution in [0.15, 0.2) is 44.4 Å². The summed E-state index contributed by atoms with van der Waals surface area (Å²) in [5.41, 5.74) is 0.462. The summed E-state index contributed by atoms with van der Waals surface area (Å²) in [6.07, 6.45) is -0.559. The Balaban J connectivity index is 2.16. The van der Waals surface area contributed by atoms with Gasteiger partial charge in [-0.05, 0) is 59.7 Å². The summed E-state index contributed by atoms with van der Waals surface area (Å²) >= 11 is 4.39. The van der Waals surface area contributed by atoms with Crippen LogP contribution in [-0.2, 0) is 22.1 Å². The van der Waals surface area contributed by atoms with Gasteiger partial charge in [0, 0.05) is 6.54 Å². The summed E-state index contributed by atoms with van der Waals surface area (Å²) in [5, 5.41) is 9.60. The van der Waals surface area contributed by atoms with E-state index in [4.69, 9.17) is 0 Å². The zero-order valence-corrected chi connectivity index (χ0v) is 18.1. The van der Waals surface area contributed by atoms with E-state index < -0.39 is 21.8 Å². The van der Waals surface area contributed by atoms with Gasteiger partial charge in [0.1, 0.15) is 9.87 Å². The lowest BCUT2D eigenvalue weighted by atomic mass is 9.93. The second kappa shape index (κ2) is 7.51. The highest BCUT2D eigenvalue weighted by atomic mass is 79.9. The van der Waals surface area contributed by atoms with Crippen molar-refractivity contribution < 1.29 is 18.3 Å².